The van der Waals surface area contributed by atoms with Crippen LogP contribution in [0.4, 0.5) is 5.69 Å². The van der Waals surface area contributed by atoms with Crippen molar-refractivity contribution in [1.29, 1.82) is 0 Å². The lowest BCUT2D eigenvalue weighted by Gasteiger charge is -2.09. The molecule has 0 aromatic heterocycles. The minimum Gasteiger partial charge on any atom is -0.495 e. The topological polar surface area (TPSA) is 81.4 Å². The van der Waals surface area contributed by atoms with Gasteiger partial charge in [-0.15, -0.1) is 0 Å². The zero-order chi connectivity index (χ0) is 15.7. The standard InChI is InChI=1S/C15H26N2O3S/c1-3-4-5-6-7-8-11-17-21(18,19)13-9-10-15(20-2)14(16)12-13/h9-10,12,17H,3-8,11,16H2,1-2H3. The Morgan fingerprint density at radius 2 is 1.81 bits per heavy atom. The van der Waals surface area contributed by atoms with Crippen molar-refractivity contribution in [2.24, 2.45) is 0 Å². The van der Waals surface area contributed by atoms with E-state index < -0.39 is 10.0 Å². The molecule has 21 heavy (non-hydrogen) atoms. The smallest absolute Gasteiger partial charge is 0.240 e. The zero-order valence-electron chi connectivity index (χ0n) is 12.9. The van der Waals surface area contributed by atoms with E-state index in [0.717, 1.165) is 19.3 Å². The van der Waals surface area contributed by atoms with E-state index in [4.69, 9.17) is 10.5 Å². The number of hydrogen-bond donors (Lipinski definition) is 2. The molecular weight excluding hydrogens is 288 g/mol. The second-order valence-corrected chi connectivity index (χ2v) is 6.84. The summed E-state index contributed by atoms with van der Waals surface area (Å²) in [5.41, 5.74) is 6.05. The summed E-state index contributed by atoms with van der Waals surface area (Å²) in [4.78, 5) is 0.173. The number of nitrogens with one attached hydrogen (secondary N) is 1. The number of ether oxygens (including phenoxy) is 1. The monoisotopic (exact) mass is 314 g/mol. The Labute approximate surface area is 127 Å². The maximum Gasteiger partial charge on any atom is 0.240 e. The van der Waals surface area contributed by atoms with Crippen LogP contribution in [-0.2, 0) is 10.0 Å². The zero-order valence-corrected chi connectivity index (χ0v) is 13.7. The Kier molecular flexibility index (Phi) is 7.53. The Bertz CT molecular complexity index is 530. The minimum atomic E-state index is -3.49. The van der Waals surface area contributed by atoms with Gasteiger partial charge in [0, 0.05) is 6.54 Å². The molecule has 1 aromatic rings. The fourth-order valence-corrected chi connectivity index (χ4v) is 3.18. The minimum absolute atomic E-state index is 0.173. The first-order valence-electron chi connectivity index (χ1n) is 7.44. The van der Waals surface area contributed by atoms with Crippen molar-refractivity contribution in [3.63, 3.8) is 0 Å². The quantitative estimate of drug-likeness (QED) is 0.514. The van der Waals surface area contributed by atoms with Crippen LogP contribution in [0.5, 0.6) is 5.75 Å². The average Bonchev–Trinajstić information content (AvgIpc) is 2.46. The number of rotatable bonds is 10. The van der Waals surface area contributed by atoms with E-state index in [9.17, 15) is 8.42 Å². The third kappa shape index (κ3) is 5.93. The molecule has 0 radical (unpaired) electrons. The highest BCUT2D eigenvalue weighted by atomic mass is 32.2. The van der Waals surface area contributed by atoms with Crippen LogP contribution in [0.3, 0.4) is 0 Å². The van der Waals surface area contributed by atoms with E-state index in [1.54, 1.807) is 6.07 Å². The highest BCUT2D eigenvalue weighted by Crippen LogP contribution is 2.24. The van der Waals surface area contributed by atoms with Crippen LogP contribution < -0.4 is 15.2 Å². The van der Waals surface area contributed by atoms with E-state index in [0.29, 0.717) is 18.0 Å². The molecule has 5 nitrogen and oxygen atoms in total. The van der Waals surface area contributed by atoms with Crippen LogP contribution in [0.2, 0.25) is 0 Å². The van der Waals surface area contributed by atoms with E-state index >= 15 is 0 Å². The number of methoxy groups -OCH3 is 1. The van der Waals surface area contributed by atoms with Crippen molar-refractivity contribution in [2.45, 2.75) is 50.3 Å². The molecule has 0 amide bonds. The second-order valence-electron chi connectivity index (χ2n) is 5.07. The Hall–Kier alpha value is -1.27. The lowest BCUT2D eigenvalue weighted by Crippen LogP contribution is -2.24. The fraction of sp³-hybridized carbons (Fsp3) is 0.600. The third-order valence-corrected chi connectivity index (χ3v) is 4.79. The third-order valence-electron chi connectivity index (χ3n) is 3.33. The molecule has 0 aliphatic rings. The van der Waals surface area contributed by atoms with Crippen molar-refractivity contribution >= 4 is 15.7 Å². The maximum absolute atomic E-state index is 12.1. The summed E-state index contributed by atoms with van der Waals surface area (Å²) in [6, 6.07) is 4.48. The number of sulfonamides is 1. The molecule has 0 spiro atoms. The van der Waals surface area contributed by atoms with Crippen LogP contribution in [-0.4, -0.2) is 22.1 Å². The van der Waals surface area contributed by atoms with Gasteiger partial charge >= 0.3 is 0 Å². The molecule has 0 aliphatic heterocycles. The normalized spacial score (nSPS) is 11.5. The van der Waals surface area contributed by atoms with Gasteiger partial charge in [-0.3, -0.25) is 0 Å². The number of nitrogen functional groups attached to an aromatic ring is 1. The largest absolute Gasteiger partial charge is 0.495 e. The summed E-state index contributed by atoms with van der Waals surface area (Å²) in [6.07, 6.45) is 6.74. The summed E-state index contributed by atoms with van der Waals surface area (Å²) in [5.74, 6) is 0.477. The van der Waals surface area contributed by atoms with Gasteiger partial charge in [-0.2, -0.15) is 0 Å². The molecule has 0 saturated heterocycles. The van der Waals surface area contributed by atoms with Crippen molar-refractivity contribution in [1.82, 2.24) is 4.72 Å². The molecule has 0 atom stereocenters. The van der Waals surface area contributed by atoms with Gasteiger partial charge in [0.05, 0.1) is 17.7 Å². The number of anilines is 1. The fourth-order valence-electron chi connectivity index (χ4n) is 2.07. The highest BCUT2D eigenvalue weighted by molar-refractivity contribution is 7.89. The number of unbranched alkanes of at least 4 members (excludes halogenated alkanes) is 5. The van der Waals surface area contributed by atoms with E-state index in [2.05, 4.69) is 11.6 Å². The summed E-state index contributed by atoms with van der Waals surface area (Å²) in [6.45, 7) is 2.63. The van der Waals surface area contributed by atoms with Crippen LogP contribution in [0, 0.1) is 0 Å². The predicted molar refractivity (Wildman–Crippen MR) is 86.0 cm³/mol. The molecular formula is C15H26N2O3S. The van der Waals surface area contributed by atoms with Crippen LogP contribution in [0.25, 0.3) is 0 Å². The van der Waals surface area contributed by atoms with Crippen molar-refractivity contribution in [3.8, 4) is 5.75 Å². The Morgan fingerprint density at radius 3 is 2.43 bits per heavy atom. The van der Waals surface area contributed by atoms with Gasteiger partial charge in [0.2, 0.25) is 10.0 Å². The van der Waals surface area contributed by atoms with Gasteiger partial charge in [-0.1, -0.05) is 39.0 Å². The molecule has 6 heteroatoms. The SMILES string of the molecule is CCCCCCCCNS(=O)(=O)c1ccc(OC)c(N)c1. The Morgan fingerprint density at radius 1 is 1.14 bits per heavy atom. The summed E-state index contributed by atoms with van der Waals surface area (Å²) < 4.78 is 31.8. The summed E-state index contributed by atoms with van der Waals surface area (Å²) >= 11 is 0. The van der Waals surface area contributed by atoms with Gasteiger partial charge in [-0.05, 0) is 24.6 Å². The molecule has 3 N–H and O–H groups in total. The van der Waals surface area contributed by atoms with Crippen molar-refractivity contribution in [2.75, 3.05) is 19.4 Å². The van der Waals surface area contributed by atoms with Crippen molar-refractivity contribution in [3.05, 3.63) is 18.2 Å². The Balaban J connectivity index is 2.45. The first kappa shape index (κ1) is 17.8. The first-order chi connectivity index (χ1) is 10.0. The number of hydrogen-bond acceptors (Lipinski definition) is 4. The summed E-state index contributed by atoms with van der Waals surface area (Å²) in [5, 5.41) is 0. The number of nitrogens with two attached hydrogens (primary N) is 1. The summed E-state index contributed by atoms with van der Waals surface area (Å²) in [7, 11) is -1.99. The number of benzene rings is 1. The molecule has 0 heterocycles. The van der Waals surface area contributed by atoms with Crippen molar-refractivity contribution < 1.29 is 13.2 Å². The van der Waals surface area contributed by atoms with Gasteiger partial charge in [-0.25, -0.2) is 13.1 Å². The molecule has 120 valence electrons. The lowest BCUT2D eigenvalue weighted by molar-refractivity contribution is 0.416. The van der Waals surface area contributed by atoms with Gasteiger partial charge < -0.3 is 10.5 Å². The predicted octanol–water partition coefficient (Wildman–Crippen LogP) is 2.92. The van der Waals surface area contributed by atoms with E-state index in [1.165, 1.54) is 38.5 Å². The first-order valence-corrected chi connectivity index (χ1v) is 8.92. The highest BCUT2D eigenvalue weighted by Gasteiger charge is 2.14. The maximum atomic E-state index is 12.1. The van der Waals surface area contributed by atoms with Crippen LogP contribution in [0.1, 0.15) is 45.4 Å². The van der Waals surface area contributed by atoms with Crippen LogP contribution in [0.15, 0.2) is 23.1 Å². The molecule has 0 unspecified atom stereocenters. The van der Waals surface area contributed by atoms with Gasteiger partial charge in [0.1, 0.15) is 5.75 Å². The molecule has 0 bridgehead atoms. The molecule has 0 aliphatic carbocycles. The second kappa shape index (κ2) is 8.89. The molecule has 1 aromatic carbocycles. The average molecular weight is 314 g/mol. The molecule has 1 rings (SSSR count). The van der Waals surface area contributed by atoms with Gasteiger partial charge in [0.25, 0.3) is 0 Å². The van der Waals surface area contributed by atoms with Gasteiger partial charge in [0.15, 0.2) is 0 Å². The lowest BCUT2D eigenvalue weighted by atomic mass is 10.1. The van der Waals surface area contributed by atoms with Crippen LogP contribution >= 0.6 is 0 Å². The van der Waals surface area contributed by atoms with E-state index in [1.807, 2.05) is 0 Å². The van der Waals surface area contributed by atoms with E-state index in [-0.39, 0.29) is 4.90 Å². The molecule has 0 saturated carbocycles. The molecule has 0 fully saturated rings.